The summed E-state index contributed by atoms with van der Waals surface area (Å²) in [5, 5.41) is 0.554. The Kier molecular flexibility index (Phi) is 8.78. The lowest BCUT2D eigenvalue weighted by atomic mass is 10.0. The fraction of sp³-hybridized carbons (Fsp3) is 0.160. The molecule has 0 aliphatic rings. The van der Waals surface area contributed by atoms with Crippen LogP contribution in [-0.2, 0) is 36.0 Å². The molecule has 3 aromatic heterocycles. The lowest BCUT2D eigenvalue weighted by Gasteiger charge is -2.16. The van der Waals surface area contributed by atoms with E-state index in [2.05, 4.69) is 14.3 Å². The third-order valence-corrected chi connectivity index (χ3v) is 9.35. The van der Waals surface area contributed by atoms with E-state index in [9.17, 15) is 23.7 Å². The molecule has 5 N–H and O–H groups in total. The van der Waals surface area contributed by atoms with Crippen molar-refractivity contribution in [3.63, 3.8) is 0 Å². The van der Waals surface area contributed by atoms with E-state index in [-0.39, 0.29) is 37.0 Å². The maximum atomic E-state index is 12.8. The highest BCUT2D eigenvalue weighted by molar-refractivity contribution is 7.63. The number of aromatic nitrogens is 5. The average Bonchev–Trinajstić information content (AvgIpc) is 3.58. The van der Waals surface area contributed by atoms with Crippen molar-refractivity contribution in [2.24, 2.45) is 0 Å². The second-order valence-electron chi connectivity index (χ2n) is 8.99. The molecule has 0 saturated carbocycles. The zero-order valence-corrected chi connectivity index (χ0v) is 24.4. The molecule has 0 bridgehead atoms. The molecule has 42 heavy (non-hydrogen) atoms. The molecule has 0 aliphatic heterocycles. The van der Waals surface area contributed by atoms with Gasteiger partial charge in [-0.1, -0.05) is 59.0 Å². The standard InChI is InChI=1S/C25H25ClN6O8P2/c26-21-14-18(8-9-20(21)19-6-2-1-3-7-19)15-30-16-31(23-22(30)24(33)29-25(27)28-23)17-38-12-13-39-42(36,37)40-41(34,35)32-10-4-5-11-32/h1-11,14,16H,12-13,15,17H2,(H4-,27,28,29,33,34,35,36,37)/p+1. The van der Waals surface area contributed by atoms with Crippen LogP contribution in [0.2, 0.25) is 5.02 Å². The molecule has 2 atom stereocenters. The van der Waals surface area contributed by atoms with Crippen LogP contribution in [0.1, 0.15) is 5.56 Å². The highest BCUT2D eigenvalue weighted by Crippen LogP contribution is 2.60. The minimum absolute atomic E-state index is 0.0907. The third kappa shape index (κ3) is 6.89. The fourth-order valence-electron chi connectivity index (χ4n) is 4.20. The average molecular weight is 636 g/mol. The Hall–Kier alpha value is -3.58. The zero-order chi connectivity index (χ0) is 29.9. The van der Waals surface area contributed by atoms with Crippen molar-refractivity contribution in [1.82, 2.24) is 18.9 Å². The van der Waals surface area contributed by atoms with Gasteiger partial charge in [0.1, 0.15) is 0 Å². The van der Waals surface area contributed by atoms with Crippen LogP contribution >= 0.6 is 27.2 Å². The lowest BCUT2D eigenvalue weighted by molar-refractivity contribution is -0.711. The Morgan fingerprint density at radius 1 is 1.05 bits per heavy atom. The molecule has 5 rings (SSSR count). The van der Waals surface area contributed by atoms with E-state index < -0.39 is 27.7 Å². The molecule has 3 heterocycles. The molecule has 0 amide bonds. The van der Waals surface area contributed by atoms with E-state index in [1.807, 2.05) is 48.5 Å². The molecule has 2 aromatic carbocycles. The maximum Gasteiger partial charge on any atom is 0.480 e. The van der Waals surface area contributed by atoms with Crippen molar-refractivity contribution in [3.05, 3.63) is 100 Å². The van der Waals surface area contributed by atoms with Crippen LogP contribution in [0.25, 0.3) is 22.3 Å². The van der Waals surface area contributed by atoms with Crippen LogP contribution in [-0.4, -0.2) is 41.9 Å². The second-order valence-corrected chi connectivity index (χ2v) is 12.7. The van der Waals surface area contributed by atoms with Gasteiger partial charge in [0.25, 0.3) is 11.5 Å². The van der Waals surface area contributed by atoms with Crippen LogP contribution in [0, 0.1) is 0 Å². The molecule has 2 unspecified atom stereocenters. The summed E-state index contributed by atoms with van der Waals surface area (Å²) in [6, 6.07) is 18.3. The predicted octanol–water partition coefficient (Wildman–Crippen LogP) is 3.52. The number of nitrogens with two attached hydrogens (primary N) is 1. The van der Waals surface area contributed by atoms with Crippen molar-refractivity contribution in [2.45, 2.75) is 13.3 Å². The van der Waals surface area contributed by atoms with Crippen LogP contribution in [0.4, 0.5) is 5.95 Å². The summed E-state index contributed by atoms with van der Waals surface area (Å²) in [4.78, 5) is 39.3. The van der Waals surface area contributed by atoms with Gasteiger partial charge in [0, 0.05) is 23.0 Å². The number of imidazole rings is 1. The molecular formula is C25H26ClN6O8P2+. The normalized spacial score (nSPS) is 14.5. The Balaban J connectivity index is 1.26. The van der Waals surface area contributed by atoms with Gasteiger partial charge in [-0.05, 0) is 29.3 Å². The monoisotopic (exact) mass is 635 g/mol. The molecule has 0 fully saturated rings. The summed E-state index contributed by atoms with van der Waals surface area (Å²) in [6.45, 7) is -0.498. The van der Waals surface area contributed by atoms with E-state index in [4.69, 9.17) is 26.6 Å². The minimum atomic E-state index is -4.89. The summed E-state index contributed by atoms with van der Waals surface area (Å²) < 4.78 is 43.0. The van der Waals surface area contributed by atoms with Crippen LogP contribution < -0.4 is 15.9 Å². The van der Waals surface area contributed by atoms with E-state index >= 15 is 0 Å². The topological polar surface area (TPSA) is 188 Å². The van der Waals surface area contributed by atoms with Gasteiger partial charge in [0.15, 0.2) is 13.1 Å². The Labute approximate surface area is 243 Å². The van der Waals surface area contributed by atoms with E-state index in [0.717, 1.165) is 21.0 Å². The number of halogens is 1. The van der Waals surface area contributed by atoms with Gasteiger partial charge >= 0.3 is 21.2 Å². The number of benzene rings is 2. The number of rotatable bonds is 12. The molecule has 0 radical (unpaired) electrons. The van der Waals surface area contributed by atoms with Gasteiger partial charge in [-0.2, -0.15) is 4.31 Å². The number of hydrogen-bond acceptors (Lipinski definition) is 8. The summed E-state index contributed by atoms with van der Waals surface area (Å²) in [7, 11) is -9.53. The maximum absolute atomic E-state index is 12.8. The highest BCUT2D eigenvalue weighted by atomic mass is 35.5. The predicted molar refractivity (Wildman–Crippen MR) is 153 cm³/mol. The number of ether oxygens (including phenoxy) is 1. The largest absolute Gasteiger partial charge is 0.480 e. The molecule has 14 nitrogen and oxygen atoms in total. The van der Waals surface area contributed by atoms with E-state index in [1.54, 1.807) is 10.9 Å². The first-order chi connectivity index (χ1) is 20.0. The first kappa shape index (κ1) is 29.9. The number of hydrogen-bond donors (Lipinski definition) is 4. The number of phosphoric acid groups is 1. The lowest BCUT2D eigenvalue weighted by Crippen LogP contribution is -2.35. The van der Waals surface area contributed by atoms with Crippen molar-refractivity contribution in [1.29, 1.82) is 0 Å². The first-order valence-corrected chi connectivity index (χ1v) is 15.8. The summed E-state index contributed by atoms with van der Waals surface area (Å²) in [5.74, 6) is -0.0907. The van der Waals surface area contributed by atoms with Gasteiger partial charge in [0.2, 0.25) is 5.52 Å². The first-order valence-electron chi connectivity index (χ1n) is 12.4. The number of aromatic amines is 1. The van der Waals surface area contributed by atoms with Crippen molar-refractivity contribution in [3.8, 4) is 11.1 Å². The number of fused-ring (bicyclic) bond motifs is 1. The van der Waals surface area contributed by atoms with Crippen molar-refractivity contribution in [2.75, 3.05) is 18.9 Å². The highest BCUT2D eigenvalue weighted by Gasteiger charge is 2.35. The minimum Gasteiger partial charge on any atom is -0.355 e. The number of phosphoric ester groups is 1. The number of nitrogens with one attached hydrogen (secondary N) is 1. The van der Waals surface area contributed by atoms with E-state index in [0.29, 0.717) is 5.02 Å². The van der Waals surface area contributed by atoms with E-state index in [1.165, 1.54) is 29.1 Å². The molecular weight excluding hydrogens is 610 g/mol. The molecule has 17 heteroatoms. The molecule has 0 spiro atoms. The van der Waals surface area contributed by atoms with Crippen LogP contribution in [0.15, 0.2) is 84.2 Å². The fourth-order valence-corrected chi connectivity index (χ4v) is 6.91. The number of nitrogen functional groups attached to an aromatic ring is 1. The van der Waals surface area contributed by atoms with Gasteiger partial charge in [-0.25, -0.2) is 13.7 Å². The third-order valence-electron chi connectivity index (χ3n) is 6.01. The van der Waals surface area contributed by atoms with Crippen molar-refractivity contribution < 1.29 is 37.1 Å². The quantitative estimate of drug-likeness (QED) is 0.0897. The van der Waals surface area contributed by atoms with Gasteiger partial charge < -0.3 is 20.3 Å². The SMILES string of the molecule is Nc1nc2c(c(=O)[nH]1)n(Cc1ccc(-c3ccccc3)c(Cl)c1)c[n+]2COCCOP(=O)(O)OP(=O)(O)n1cccc1. The number of nitrogens with zero attached hydrogens (tertiary/aromatic N) is 4. The molecule has 0 aliphatic carbocycles. The molecule has 220 valence electrons. The van der Waals surface area contributed by atoms with Crippen LogP contribution in [0.3, 0.4) is 0 Å². The Bertz CT molecular complexity index is 1860. The van der Waals surface area contributed by atoms with Crippen LogP contribution in [0.5, 0.6) is 0 Å². The second kappa shape index (κ2) is 12.3. The number of H-pyrrole nitrogens is 1. The zero-order valence-electron chi connectivity index (χ0n) is 21.8. The smallest absolute Gasteiger partial charge is 0.355 e. The van der Waals surface area contributed by atoms with Gasteiger partial charge in [0.05, 0.1) is 19.8 Å². The van der Waals surface area contributed by atoms with Gasteiger partial charge in [-0.15, -0.1) is 0 Å². The van der Waals surface area contributed by atoms with Gasteiger partial charge in [-0.3, -0.25) is 23.2 Å². The summed E-state index contributed by atoms with van der Waals surface area (Å²) in [6.07, 6.45) is 4.03. The molecule has 5 aromatic rings. The summed E-state index contributed by atoms with van der Waals surface area (Å²) >= 11 is 6.58. The molecule has 0 saturated heterocycles. The summed E-state index contributed by atoms with van der Waals surface area (Å²) in [5.41, 5.74) is 8.48. The Morgan fingerprint density at radius 2 is 1.79 bits per heavy atom. The Morgan fingerprint density at radius 3 is 2.50 bits per heavy atom. The number of anilines is 1. The van der Waals surface area contributed by atoms with Crippen molar-refractivity contribution >= 4 is 44.3 Å².